The lowest BCUT2D eigenvalue weighted by molar-refractivity contribution is -0.141. The van der Waals surface area contributed by atoms with Gasteiger partial charge in [0.2, 0.25) is 5.91 Å². The Balaban J connectivity index is 1.13. The number of pyridine rings is 1. The van der Waals surface area contributed by atoms with E-state index >= 15 is 0 Å². The Morgan fingerprint density at radius 3 is 2.67 bits per heavy atom. The molecule has 0 bridgehead atoms. The Bertz CT molecular complexity index is 1360. The van der Waals surface area contributed by atoms with Crippen LogP contribution in [0.25, 0.3) is 5.65 Å². The van der Waals surface area contributed by atoms with Gasteiger partial charge in [-0.15, -0.1) is 0 Å². The third-order valence-electron chi connectivity index (χ3n) is 10.0. The van der Waals surface area contributed by atoms with Crippen LogP contribution in [0.5, 0.6) is 0 Å². The number of H-pyrrole nitrogens is 1. The van der Waals surface area contributed by atoms with Gasteiger partial charge in [-0.3, -0.25) is 14.4 Å². The fraction of sp³-hybridized carbons (Fsp3) is 0.697. The van der Waals surface area contributed by atoms with Crippen molar-refractivity contribution in [2.75, 3.05) is 6.54 Å². The van der Waals surface area contributed by atoms with Gasteiger partial charge in [-0.25, -0.2) is 4.79 Å². The molecule has 0 spiro atoms. The molecule has 2 saturated carbocycles. The third kappa shape index (κ3) is 6.45. The number of carbonyl (C=O) groups is 3. The highest BCUT2D eigenvalue weighted by Gasteiger charge is 2.54. The van der Waals surface area contributed by atoms with Crippen molar-refractivity contribution in [2.24, 2.45) is 29.1 Å². The van der Waals surface area contributed by atoms with Gasteiger partial charge in [0.1, 0.15) is 17.8 Å². The molecule has 3 aliphatic rings. The van der Waals surface area contributed by atoms with Crippen LogP contribution in [-0.2, 0) is 20.7 Å². The van der Waals surface area contributed by atoms with Gasteiger partial charge in [-0.2, -0.15) is 0 Å². The average Bonchev–Trinajstić information content (AvgIpc) is 3.24. The zero-order valence-electron chi connectivity index (χ0n) is 25.9. The lowest BCUT2D eigenvalue weighted by atomic mass is 9.85. The van der Waals surface area contributed by atoms with Gasteiger partial charge in [0.25, 0.3) is 0 Å². The van der Waals surface area contributed by atoms with Crippen LogP contribution in [0.4, 0.5) is 4.79 Å². The van der Waals surface area contributed by atoms with Gasteiger partial charge in [-0.1, -0.05) is 47.0 Å². The molecule has 42 heavy (non-hydrogen) atoms. The fourth-order valence-electron chi connectivity index (χ4n) is 7.63. The van der Waals surface area contributed by atoms with E-state index in [1.165, 1.54) is 6.42 Å². The Hall–Kier alpha value is -3.10. The Kier molecular flexibility index (Phi) is 8.86. The number of nitrogens with zero attached hydrogens (tertiary/aromatic N) is 2. The molecule has 3 fully saturated rings. The quantitative estimate of drug-likeness (QED) is 0.359. The van der Waals surface area contributed by atoms with Crippen LogP contribution in [0.3, 0.4) is 0 Å². The van der Waals surface area contributed by atoms with Gasteiger partial charge >= 0.3 is 6.09 Å². The largest absolute Gasteiger partial charge is 0.446 e. The first-order chi connectivity index (χ1) is 20.0. The van der Waals surface area contributed by atoms with Crippen LogP contribution < -0.4 is 10.7 Å². The van der Waals surface area contributed by atoms with Gasteiger partial charge < -0.3 is 24.3 Å². The second-order valence-electron chi connectivity index (χ2n) is 14.0. The number of aryl methyl sites for hydroxylation is 1. The van der Waals surface area contributed by atoms with Crippen molar-refractivity contribution in [1.82, 2.24) is 19.6 Å². The minimum absolute atomic E-state index is 0.00467. The molecule has 2 aliphatic carbocycles. The van der Waals surface area contributed by atoms with Gasteiger partial charge in [0.05, 0.1) is 6.04 Å². The number of alkyl carbamates (subject to hydrolysis) is 1. The first-order valence-electron chi connectivity index (χ1n) is 15.9. The molecule has 2 aromatic heterocycles. The normalized spacial score (nSPS) is 27.6. The number of nitrogens with one attached hydrogen (secondary N) is 2. The van der Waals surface area contributed by atoms with Crippen molar-refractivity contribution in [3.05, 3.63) is 40.4 Å². The molecule has 9 heteroatoms. The molecular weight excluding hydrogens is 532 g/mol. The van der Waals surface area contributed by atoms with Crippen molar-refractivity contribution in [3.63, 3.8) is 0 Å². The van der Waals surface area contributed by atoms with Gasteiger partial charge in [0.15, 0.2) is 11.2 Å². The van der Waals surface area contributed by atoms with Crippen LogP contribution in [-0.4, -0.2) is 56.8 Å². The number of fused-ring (bicyclic) bond motifs is 2. The summed E-state index contributed by atoms with van der Waals surface area (Å²) in [6.45, 7) is 9.95. The fourth-order valence-corrected chi connectivity index (χ4v) is 7.63. The van der Waals surface area contributed by atoms with E-state index in [1.807, 2.05) is 43.8 Å². The van der Waals surface area contributed by atoms with Crippen molar-refractivity contribution in [1.29, 1.82) is 0 Å². The summed E-state index contributed by atoms with van der Waals surface area (Å²) in [6.07, 6.45) is 13.5. The predicted octanol–water partition coefficient (Wildman–Crippen LogP) is 5.11. The van der Waals surface area contributed by atoms with E-state index < -0.39 is 23.6 Å². The highest BCUT2D eigenvalue weighted by atomic mass is 16.6. The summed E-state index contributed by atoms with van der Waals surface area (Å²) in [5, 5.41) is 2.92. The van der Waals surface area contributed by atoms with Gasteiger partial charge in [-0.05, 0) is 74.5 Å². The summed E-state index contributed by atoms with van der Waals surface area (Å²) in [5.74, 6) is 1.57. The summed E-state index contributed by atoms with van der Waals surface area (Å²) in [4.78, 5) is 56.5. The number of aromatic nitrogens is 2. The van der Waals surface area contributed by atoms with Crippen LogP contribution in [0.15, 0.2) is 29.5 Å². The molecule has 3 heterocycles. The summed E-state index contributed by atoms with van der Waals surface area (Å²) in [7, 11) is 0. The number of rotatable bonds is 11. The Labute approximate surface area is 248 Å². The lowest BCUT2D eigenvalue weighted by Crippen LogP contribution is -2.57. The molecule has 0 radical (unpaired) electrons. The van der Waals surface area contributed by atoms with E-state index in [4.69, 9.17) is 4.74 Å². The number of Topliss-reactive ketones (excluding diaryl/α,β-unsaturated/α-hetero) is 1. The van der Waals surface area contributed by atoms with Crippen molar-refractivity contribution in [2.45, 2.75) is 111 Å². The van der Waals surface area contributed by atoms with Crippen LogP contribution in [0, 0.1) is 29.1 Å². The van der Waals surface area contributed by atoms with E-state index in [-0.39, 0.29) is 29.1 Å². The smallest absolute Gasteiger partial charge is 0.408 e. The maximum atomic E-state index is 13.7. The van der Waals surface area contributed by atoms with Crippen LogP contribution >= 0.6 is 0 Å². The number of unbranched alkanes of at least 4 members (excludes halogenated alkanes) is 2. The molecule has 1 saturated heterocycles. The zero-order chi connectivity index (χ0) is 30.2. The molecule has 2 N–H and O–H groups in total. The number of hydrogen-bond acceptors (Lipinski definition) is 5. The molecular formula is C33H48N4O5. The Morgan fingerprint density at radius 1 is 1.17 bits per heavy atom. The van der Waals surface area contributed by atoms with E-state index in [0.29, 0.717) is 24.3 Å². The van der Waals surface area contributed by atoms with Crippen LogP contribution in [0.1, 0.15) is 91.5 Å². The van der Waals surface area contributed by atoms with E-state index in [0.717, 1.165) is 62.6 Å². The molecule has 0 aromatic carbocycles. The SMILES string of the molecule is CC[C@@H]1CCN(C(=O)C(NC(=O)OC2CC3CC3[C@H]2CCCCCc2cn3cc[nH]c3cc2=O)C(C)(C)C)[C@@H]1C(C)=O. The number of ether oxygens (including phenoxy) is 1. The summed E-state index contributed by atoms with van der Waals surface area (Å²) >= 11 is 0. The maximum absolute atomic E-state index is 13.7. The number of ketones is 1. The van der Waals surface area contributed by atoms with E-state index in [9.17, 15) is 19.2 Å². The predicted molar refractivity (Wildman–Crippen MR) is 161 cm³/mol. The molecule has 230 valence electrons. The average molecular weight is 581 g/mol. The number of amides is 2. The molecule has 2 aromatic rings. The second kappa shape index (κ2) is 12.3. The first-order valence-corrected chi connectivity index (χ1v) is 15.9. The monoisotopic (exact) mass is 580 g/mol. The summed E-state index contributed by atoms with van der Waals surface area (Å²) in [6, 6.07) is 0.457. The number of imidazole rings is 1. The highest BCUT2D eigenvalue weighted by Crippen LogP contribution is 2.57. The molecule has 4 unspecified atom stereocenters. The van der Waals surface area contributed by atoms with Crippen molar-refractivity contribution in [3.8, 4) is 0 Å². The number of hydrogen-bond donors (Lipinski definition) is 2. The number of aromatic amines is 1. The molecule has 7 atom stereocenters. The molecule has 5 rings (SSSR count). The van der Waals surface area contributed by atoms with E-state index in [2.05, 4.69) is 17.2 Å². The summed E-state index contributed by atoms with van der Waals surface area (Å²) < 4.78 is 7.97. The number of carbonyl (C=O) groups excluding carboxylic acids is 3. The minimum Gasteiger partial charge on any atom is -0.446 e. The first kappa shape index (κ1) is 30.4. The molecule has 9 nitrogen and oxygen atoms in total. The van der Waals surface area contributed by atoms with E-state index in [1.54, 1.807) is 17.9 Å². The highest BCUT2D eigenvalue weighted by molar-refractivity contribution is 5.92. The standard InChI is InChI=1S/C33H48N4O5/c1-6-21-12-14-37(29(21)20(2)38)31(40)30(33(3,4)5)35-32(41)42-27-17-23-16-25(23)24(27)11-9-7-8-10-22-19-36-15-13-34-28(36)18-26(22)39/h13,15,18-19,21,23-25,27,29-30,34H,6-12,14,16-17H2,1-5H3,(H,35,41)/t21-,23?,24-,25?,27?,29-,30?/m1/s1. The van der Waals surface area contributed by atoms with Crippen molar-refractivity contribution < 1.29 is 19.1 Å². The topological polar surface area (TPSA) is 113 Å². The summed E-state index contributed by atoms with van der Waals surface area (Å²) in [5.41, 5.74) is 1.18. The second-order valence-corrected chi connectivity index (χ2v) is 14.0. The van der Waals surface area contributed by atoms with Crippen LogP contribution in [0.2, 0.25) is 0 Å². The lowest BCUT2D eigenvalue weighted by Gasteiger charge is -2.36. The maximum Gasteiger partial charge on any atom is 0.408 e. The molecule has 2 amide bonds. The third-order valence-corrected chi connectivity index (χ3v) is 10.0. The van der Waals surface area contributed by atoms with Crippen molar-refractivity contribution >= 4 is 23.4 Å². The number of likely N-dealkylation sites (tertiary alicyclic amines) is 1. The minimum atomic E-state index is -0.772. The molecule has 1 aliphatic heterocycles. The van der Waals surface area contributed by atoms with Gasteiger partial charge in [0, 0.05) is 36.8 Å². The zero-order valence-corrected chi connectivity index (χ0v) is 25.9. The Morgan fingerprint density at radius 2 is 1.95 bits per heavy atom.